The highest BCUT2D eigenvalue weighted by Crippen LogP contribution is 2.60. The second-order valence-corrected chi connectivity index (χ2v) is 14.6. The minimum Gasteiger partial charge on any atom is -0.413 e. The van der Waals surface area contributed by atoms with Crippen molar-refractivity contribution in [1.82, 2.24) is 0 Å². The number of fused-ring (bicyclic) bond motifs is 1. The molecule has 0 amide bonds. The van der Waals surface area contributed by atoms with Crippen LogP contribution in [0.1, 0.15) is 60.3 Å². The molecule has 1 spiro atoms. The van der Waals surface area contributed by atoms with Gasteiger partial charge < -0.3 is 13.9 Å². The van der Waals surface area contributed by atoms with Crippen LogP contribution in [0.5, 0.6) is 0 Å². The molecule has 3 fully saturated rings. The van der Waals surface area contributed by atoms with Crippen LogP contribution in [-0.2, 0) is 13.9 Å². The summed E-state index contributed by atoms with van der Waals surface area (Å²) in [5.74, 6) is 0.830. The van der Waals surface area contributed by atoms with E-state index in [0.717, 1.165) is 19.6 Å². The molecule has 0 bridgehead atoms. The fraction of sp³-hybridized carbons (Fsp3) is 1.00. The maximum atomic E-state index is 6.89. The molecule has 0 aromatic heterocycles. The molecule has 4 atom stereocenters. The lowest BCUT2D eigenvalue weighted by Crippen LogP contribution is -2.54. The summed E-state index contributed by atoms with van der Waals surface area (Å²) in [5.41, 5.74) is 0.287. The normalized spacial score (nSPS) is 40.6. The first-order valence-corrected chi connectivity index (χ1v) is 12.4. The molecular weight excluding hydrogens is 304 g/mol. The van der Waals surface area contributed by atoms with Crippen molar-refractivity contribution in [2.24, 2.45) is 17.3 Å². The monoisotopic (exact) mass is 340 g/mol. The first kappa shape index (κ1) is 17.9. The standard InChI is InChI=1S/C19H36O3Si/c1-14-15-8-9-16(22-23(6,7)17(2,3)4)18(15,5)10-11-19(14)20-12-13-21-19/h14-16H,8-13H2,1-7H3/t14-,15-,16-,18-/m0/s1. The first-order chi connectivity index (χ1) is 10.5. The van der Waals surface area contributed by atoms with Gasteiger partial charge in [0.2, 0.25) is 0 Å². The predicted molar refractivity (Wildman–Crippen MR) is 95.9 cm³/mol. The van der Waals surface area contributed by atoms with Gasteiger partial charge in [-0.3, -0.25) is 0 Å². The number of rotatable bonds is 2. The molecule has 0 N–H and O–H groups in total. The van der Waals surface area contributed by atoms with Gasteiger partial charge in [0, 0.05) is 12.3 Å². The van der Waals surface area contributed by atoms with Gasteiger partial charge in [0.25, 0.3) is 0 Å². The van der Waals surface area contributed by atoms with Crippen molar-refractivity contribution in [2.45, 2.75) is 90.3 Å². The zero-order chi connectivity index (χ0) is 17.1. The Kier molecular flexibility index (Phi) is 4.32. The lowest BCUT2D eigenvalue weighted by molar-refractivity contribution is -0.242. The van der Waals surface area contributed by atoms with E-state index in [0.29, 0.717) is 17.9 Å². The van der Waals surface area contributed by atoms with Crippen LogP contribution in [-0.4, -0.2) is 33.4 Å². The Labute approximate surface area is 143 Å². The maximum absolute atomic E-state index is 6.89. The van der Waals surface area contributed by atoms with Crippen molar-refractivity contribution in [3.05, 3.63) is 0 Å². The Balaban J connectivity index is 1.78. The molecule has 1 aliphatic heterocycles. The fourth-order valence-electron chi connectivity index (χ4n) is 4.98. The number of ether oxygens (including phenoxy) is 2. The summed E-state index contributed by atoms with van der Waals surface area (Å²) >= 11 is 0. The SMILES string of the molecule is C[C@H]1[C@@H]2CC[C@H](O[Si](C)(C)C(C)(C)C)[C@@]2(C)CCC12OCCO2. The van der Waals surface area contributed by atoms with E-state index in [-0.39, 0.29) is 16.2 Å². The van der Waals surface area contributed by atoms with Crippen LogP contribution in [0.3, 0.4) is 0 Å². The molecular formula is C19H36O3Si. The van der Waals surface area contributed by atoms with Crippen LogP contribution in [0.4, 0.5) is 0 Å². The summed E-state index contributed by atoms with van der Waals surface area (Å²) in [6, 6.07) is 0. The molecule has 3 rings (SSSR count). The molecule has 3 nitrogen and oxygen atoms in total. The molecule has 134 valence electrons. The van der Waals surface area contributed by atoms with E-state index in [4.69, 9.17) is 13.9 Å². The van der Waals surface area contributed by atoms with Crippen LogP contribution in [0.2, 0.25) is 18.1 Å². The molecule has 0 unspecified atom stereocenters. The Morgan fingerprint density at radius 3 is 2.22 bits per heavy atom. The number of hydrogen-bond acceptors (Lipinski definition) is 3. The van der Waals surface area contributed by atoms with E-state index in [1.54, 1.807) is 0 Å². The third-order valence-electron chi connectivity index (χ3n) is 7.65. The summed E-state index contributed by atoms with van der Waals surface area (Å²) < 4.78 is 19.1. The zero-order valence-corrected chi connectivity index (χ0v) is 17.2. The summed E-state index contributed by atoms with van der Waals surface area (Å²) in [6.45, 7) is 18.1. The molecule has 1 heterocycles. The van der Waals surface area contributed by atoms with Gasteiger partial charge in [0.05, 0.1) is 19.3 Å². The molecule has 0 aromatic rings. The highest BCUT2D eigenvalue weighted by atomic mass is 28.4. The van der Waals surface area contributed by atoms with Crippen LogP contribution in [0, 0.1) is 17.3 Å². The van der Waals surface area contributed by atoms with E-state index in [1.807, 2.05) is 0 Å². The lowest BCUT2D eigenvalue weighted by Gasteiger charge is -2.52. The van der Waals surface area contributed by atoms with Gasteiger partial charge in [-0.25, -0.2) is 0 Å². The third kappa shape index (κ3) is 2.74. The van der Waals surface area contributed by atoms with Crippen molar-refractivity contribution in [3.8, 4) is 0 Å². The topological polar surface area (TPSA) is 27.7 Å². The Morgan fingerprint density at radius 1 is 1.04 bits per heavy atom. The predicted octanol–water partition coefficient (Wildman–Crippen LogP) is 4.97. The molecule has 4 heteroatoms. The second kappa shape index (κ2) is 5.55. The lowest BCUT2D eigenvalue weighted by atomic mass is 9.62. The summed E-state index contributed by atoms with van der Waals surface area (Å²) in [4.78, 5) is 0. The van der Waals surface area contributed by atoms with Crippen LogP contribution < -0.4 is 0 Å². The molecule has 0 radical (unpaired) electrons. The minimum absolute atomic E-state index is 0.278. The van der Waals surface area contributed by atoms with Gasteiger partial charge in [0.15, 0.2) is 14.1 Å². The largest absolute Gasteiger partial charge is 0.413 e. The molecule has 0 aromatic carbocycles. The summed E-state index contributed by atoms with van der Waals surface area (Å²) in [5, 5.41) is 0.278. The highest BCUT2D eigenvalue weighted by molar-refractivity contribution is 6.74. The average molecular weight is 341 g/mol. The Morgan fingerprint density at radius 2 is 1.65 bits per heavy atom. The quantitative estimate of drug-likeness (QED) is 0.665. The zero-order valence-electron chi connectivity index (χ0n) is 16.2. The van der Waals surface area contributed by atoms with Crippen molar-refractivity contribution < 1.29 is 13.9 Å². The van der Waals surface area contributed by atoms with Gasteiger partial charge in [-0.05, 0) is 48.7 Å². The van der Waals surface area contributed by atoms with E-state index < -0.39 is 8.32 Å². The van der Waals surface area contributed by atoms with Crippen LogP contribution in [0.25, 0.3) is 0 Å². The minimum atomic E-state index is -1.72. The number of hydrogen-bond donors (Lipinski definition) is 0. The third-order valence-corrected chi connectivity index (χ3v) is 12.1. The van der Waals surface area contributed by atoms with E-state index in [2.05, 4.69) is 47.7 Å². The highest BCUT2D eigenvalue weighted by Gasteiger charge is 2.61. The van der Waals surface area contributed by atoms with Gasteiger partial charge >= 0.3 is 0 Å². The Hall–Kier alpha value is 0.0969. The van der Waals surface area contributed by atoms with Crippen molar-refractivity contribution >= 4 is 8.32 Å². The molecule has 23 heavy (non-hydrogen) atoms. The van der Waals surface area contributed by atoms with E-state index in [9.17, 15) is 0 Å². The van der Waals surface area contributed by atoms with Crippen molar-refractivity contribution in [2.75, 3.05) is 13.2 Å². The second-order valence-electron chi connectivity index (χ2n) is 9.85. The van der Waals surface area contributed by atoms with E-state index >= 15 is 0 Å². The maximum Gasteiger partial charge on any atom is 0.192 e. The Bertz CT molecular complexity index is 450. The summed E-state index contributed by atoms with van der Waals surface area (Å²) in [6.07, 6.45) is 5.06. The molecule has 3 aliphatic rings. The average Bonchev–Trinajstić information content (AvgIpc) is 3.01. The first-order valence-electron chi connectivity index (χ1n) is 9.48. The van der Waals surface area contributed by atoms with Crippen molar-refractivity contribution in [1.29, 1.82) is 0 Å². The fourth-order valence-corrected chi connectivity index (χ4v) is 6.43. The van der Waals surface area contributed by atoms with Gasteiger partial charge in [0.1, 0.15) is 0 Å². The van der Waals surface area contributed by atoms with Crippen LogP contribution >= 0.6 is 0 Å². The molecule has 2 saturated carbocycles. The van der Waals surface area contributed by atoms with E-state index in [1.165, 1.54) is 19.3 Å². The molecule has 2 aliphatic carbocycles. The van der Waals surface area contributed by atoms with Gasteiger partial charge in [-0.15, -0.1) is 0 Å². The molecule has 1 saturated heterocycles. The van der Waals surface area contributed by atoms with Crippen molar-refractivity contribution in [3.63, 3.8) is 0 Å². The smallest absolute Gasteiger partial charge is 0.192 e. The van der Waals surface area contributed by atoms with Crippen LogP contribution in [0.15, 0.2) is 0 Å². The summed E-state index contributed by atoms with van der Waals surface area (Å²) in [7, 11) is -1.72. The van der Waals surface area contributed by atoms with Gasteiger partial charge in [-0.1, -0.05) is 34.6 Å². The van der Waals surface area contributed by atoms with Gasteiger partial charge in [-0.2, -0.15) is 0 Å².